The van der Waals surface area contributed by atoms with Crippen molar-refractivity contribution in [2.24, 2.45) is 5.41 Å². The Bertz CT molecular complexity index is 904. The predicted molar refractivity (Wildman–Crippen MR) is 124 cm³/mol. The highest BCUT2D eigenvalue weighted by Crippen LogP contribution is 2.40. The smallest absolute Gasteiger partial charge is 0.226 e. The lowest BCUT2D eigenvalue weighted by Crippen LogP contribution is -2.45. The SMILES string of the molecule is COc1cccc(CN2CCCC3(CCN(C(=O)CCOc4ccccc4)C3)C2)c1OC. The topological polar surface area (TPSA) is 51.2 Å². The quantitative estimate of drug-likeness (QED) is 0.624. The van der Waals surface area contributed by atoms with Crippen molar-refractivity contribution in [2.45, 2.75) is 32.2 Å². The maximum atomic E-state index is 12.8. The summed E-state index contributed by atoms with van der Waals surface area (Å²) in [7, 11) is 3.37. The van der Waals surface area contributed by atoms with Crippen LogP contribution in [0.5, 0.6) is 17.2 Å². The fourth-order valence-electron chi connectivity index (χ4n) is 5.18. The molecule has 2 aromatic rings. The van der Waals surface area contributed by atoms with Gasteiger partial charge in [-0.25, -0.2) is 0 Å². The first-order chi connectivity index (χ1) is 15.6. The zero-order chi connectivity index (χ0) is 22.4. The Kier molecular flexibility index (Phi) is 7.20. The van der Waals surface area contributed by atoms with E-state index in [4.69, 9.17) is 14.2 Å². The summed E-state index contributed by atoms with van der Waals surface area (Å²) in [6.07, 6.45) is 3.84. The zero-order valence-electron chi connectivity index (χ0n) is 19.2. The minimum atomic E-state index is 0.195. The number of piperidine rings is 1. The van der Waals surface area contributed by atoms with Crippen molar-refractivity contribution in [3.8, 4) is 17.2 Å². The van der Waals surface area contributed by atoms with Crippen molar-refractivity contribution in [1.82, 2.24) is 9.80 Å². The third kappa shape index (κ3) is 5.18. The monoisotopic (exact) mass is 438 g/mol. The van der Waals surface area contributed by atoms with E-state index in [1.165, 1.54) is 6.42 Å². The van der Waals surface area contributed by atoms with Crippen molar-refractivity contribution < 1.29 is 19.0 Å². The first-order valence-electron chi connectivity index (χ1n) is 11.5. The highest BCUT2D eigenvalue weighted by atomic mass is 16.5. The molecular weight excluding hydrogens is 404 g/mol. The lowest BCUT2D eigenvalue weighted by atomic mass is 9.79. The molecule has 1 amide bonds. The molecule has 4 rings (SSSR count). The molecule has 0 saturated carbocycles. The molecule has 1 atom stereocenters. The first kappa shape index (κ1) is 22.5. The van der Waals surface area contributed by atoms with Gasteiger partial charge in [0.1, 0.15) is 5.75 Å². The van der Waals surface area contributed by atoms with Gasteiger partial charge in [-0.1, -0.05) is 30.3 Å². The Morgan fingerprint density at radius 1 is 0.969 bits per heavy atom. The molecule has 0 radical (unpaired) electrons. The predicted octanol–water partition coefficient (Wildman–Crippen LogP) is 3.99. The van der Waals surface area contributed by atoms with E-state index in [2.05, 4.69) is 11.0 Å². The van der Waals surface area contributed by atoms with Gasteiger partial charge in [0.25, 0.3) is 0 Å². The molecule has 6 heteroatoms. The van der Waals surface area contributed by atoms with Crippen LogP contribution >= 0.6 is 0 Å². The van der Waals surface area contributed by atoms with Gasteiger partial charge in [-0.3, -0.25) is 9.69 Å². The number of amides is 1. The van der Waals surface area contributed by atoms with Crippen LogP contribution in [-0.4, -0.2) is 62.7 Å². The van der Waals surface area contributed by atoms with Crippen molar-refractivity contribution in [2.75, 3.05) is 47.0 Å². The number of hydrogen-bond acceptors (Lipinski definition) is 5. The second kappa shape index (κ2) is 10.3. The molecule has 32 heavy (non-hydrogen) atoms. The highest BCUT2D eigenvalue weighted by molar-refractivity contribution is 5.76. The van der Waals surface area contributed by atoms with Gasteiger partial charge in [-0.15, -0.1) is 0 Å². The molecular formula is C26H34N2O4. The van der Waals surface area contributed by atoms with Gasteiger partial charge in [0.15, 0.2) is 11.5 Å². The van der Waals surface area contributed by atoms with E-state index in [9.17, 15) is 4.79 Å². The Morgan fingerprint density at radius 2 is 1.81 bits per heavy atom. The van der Waals surface area contributed by atoms with E-state index in [-0.39, 0.29) is 11.3 Å². The van der Waals surface area contributed by atoms with Gasteiger partial charge in [-0.2, -0.15) is 0 Å². The maximum Gasteiger partial charge on any atom is 0.226 e. The number of rotatable bonds is 8. The number of carbonyl (C=O) groups excluding carboxylic acids is 1. The molecule has 2 heterocycles. The van der Waals surface area contributed by atoms with Crippen LogP contribution < -0.4 is 14.2 Å². The van der Waals surface area contributed by atoms with Gasteiger partial charge in [0, 0.05) is 37.2 Å². The first-order valence-corrected chi connectivity index (χ1v) is 11.5. The average molecular weight is 439 g/mol. The Labute approximate surface area is 191 Å². The molecule has 6 nitrogen and oxygen atoms in total. The molecule has 2 fully saturated rings. The number of likely N-dealkylation sites (tertiary alicyclic amines) is 2. The van der Waals surface area contributed by atoms with Crippen molar-refractivity contribution in [3.63, 3.8) is 0 Å². The van der Waals surface area contributed by atoms with E-state index < -0.39 is 0 Å². The van der Waals surface area contributed by atoms with Crippen LogP contribution in [0.1, 0.15) is 31.2 Å². The van der Waals surface area contributed by atoms with Gasteiger partial charge < -0.3 is 19.1 Å². The van der Waals surface area contributed by atoms with E-state index in [0.29, 0.717) is 13.0 Å². The molecule has 2 aromatic carbocycles. The summed E-state index contributed by atoms with van der Waals surface area (Å²) in [6.45, 7) is 5.04. The molecule has 1 unspecified atom stereocenters. The van der Waals surface area contributed by atoms with Gasteiger partial charge in [0.05, 0.1) is 27.2 Å². The minimum absolute atomic E-state index is 0.195. The average Bonchev–Trinajstić information content (AvgIpc) is 3.22. The standard InChI is InChI=1S/C26H34N2O4/c1-30-23-11-6-8-21(25(23)31-2)18-27-15-7-13-26(19-27)14-16-28(20-26)24(29)12-17-32-22-9-4-3-5-10-22/h3-6,8-11H,7,12-20H2,1-2H3. The van der Waals surface area contributed by atoms with Crippen LogP contribution in [0.4, 0.5) is 0 Å². The van der Waals surface area contributed by atoms with Gasteiger partial charge in [-0.05, 0) is 44.0 Å². The van der Waals surface area contributed by atoms with E-state index >= 15 is 0 Å². The molecule has 172 valence electrons. The third-order valence-corrected chi connectivity index (χ3v) is 6.74. The molecule has 2 saturated heterocycles. The Morgan fingerprint density at radius 3 is 2.59 bits per heavy atom. The summed E-state index contributed by atoms with van der Waals surface area (Å²) in [4.78, 5) is 17.3. The summed E-state index contributed by atoms with van der Waals surface area (Å²) in [6, 6.07) is 15.7. The maximum absolute atomic E-state index is 12.8. The second-order valence-corrected chi connectivity index (χ2v) is 8.94. The summed E-state index contributed by atoms with van der Waals surface area (Å²) < 4.78 is 16.8. The molecule has 0 aromatic heterocycles. The van der Waals surface area contributed by atoms with Crippen LogP contribution in [0.3, 0.4) is 0 Å². The number of para-hydroxylation sites is 2. The number of benzene rings is 2. The van der Waals surface area contributed by atoms with E-state index in [1.54, 1.807) is 14.2 Å². The van der Waals surface area contributed by atoms with E-state index in [0.717, 1.165) is 68.4 Å². The second-order valence-electron chi connectivity index (χ2n) is 8.94. The van der Waals surface area contributed by atoms with Crippen LogP contribution in [0.15, 0.2) is 48.5 Å². The summed E-state index contributed by atoms with van der Waals surface area (Å²) in [5.41, 5.74) is 1.34. The Balaban J connectivity index is 1.31. The summed E-state index contributed by atoms with van der Waals surface area (Å²) >= 11 is 0. The molecule has 2 aliphatic rings. The largest absolute Gasteiger partial charge is 0.493 e. The minimum Gasteiger partial charge on any atom is -0.493 e. The summed E-state index contributed by atoms with van der Waals surface area (Å²) in [5, 5.41) is 0. The van der Waals surface area contributed by atoms with Crippen molar-refractivity contribution in [3.05, 3.63) is 54.1 Å². The molecule has 2 aliphatic heterocycles. The van der Waals surface area contributed by atoms with Crippen molar-refractivity contribution >= 4 is 5.91 Å². The summed E-state index contributed by atoms with van der Waals surface area (Å²) in [5.74, 6) is 2.60. The lowest BCUT2D eigenvalue weighted by molar-refractivity contribution is -0.131. The number of carbonyl (C=O) groups is 1. The fraction of sp³-hybridized carbons (Fsp3) is 0.500. The van der Waals surface area contributed by atoms with Crippen LogP contribution in [-0.2, 0) is 11.3 Å². The lowest BCUT2D eigenvalue weighted by Gasteiger charge is -2.40. The van der Waals surface area contributed by atoms with Gasteiger partial charge >= 0.3 is 0 Å². The van der Waals surface area contributed by atoms with Crippen LogP contribution in [0.25, 0.3) is 0 Å². The van der Waals surface area contributed by atoms with E-state index in [1.807, 2.05) is 47.4 Å². The number of methoxy groups -OCH3 is 2. The van der Waals surface area contributed by atoms with Gasteiger partial charge in [0.2, 0.25) is 5.91 Å². The third-order valence-electron chi connectivity index (χ3n) is 6.74. The zero-order valence-corrected chi connectivity index (χ0v) is 19.2. The molecule has 1 spiro atoms. The highest BCUT2D eigenvalue weighted by Gasteiger charge is 2.42. The van der Waals surface area contributed by atoms with Crippen LogP contribution in [0, 0.1) is 5.41 Å². The molecule has 0 N–H and O–H groups in total. The molecule has 0 aliphatic carbocycles. The fourth-order valence-corrected chi connectivity index (χ4v) is 5.18. The number of nitrogens with zero attached hydrogens (tertiary/aromatic N) is 2. The Hall–Kier alpha value is -2.73. The number of hydrogen-bond donors (Lipinski definition) is 0. The van der Waals surface area contributed by atoms with Crippen molar-refractivity contribution in [1.29, 1.82) is 0 Å². The van der Waals surface area contributed by atoms with Crippen LogP contribution in [0.2, 0.25) is 0 Å². The molecule has 0 bridgehead atoms. The normalized spacial score (nSPS) is 21.0. The number of ether oxygens (including phenoxy) is 3.